The molecule has 0 saturated carbocycles. The summed E-state index contributed by atoms with van der Waals surface area (Å²) in [5.74, 6) is -1.26. The molecule has 2 amide bonds. The predicted molar refractivity (Wildman–Crippen MR) is 110 cm³/mol. The second-order valence-corrected chi connectivity index (χ2v) is 6.86. The zero-order chi connectivity index (χ0) is 21.3. The van der Waals surface area contributed by atoms with Crippen LogP contribution in [0.2, 0.25) is 0 Å². The quantitative estimate of drug-likeness (QED) is 0.506. The van der Waals surface area contributed by atoms with E-state index in [2.05, 4.69) is 20.6 Å². The van der Waals surface area contributed by atoms with Crippen LogP contribution in [-0.2, 0) is 16.0 Å². The second kappa shape index (κ2) is 10.4. The van der Waals surface area contributed by atoms with E-state index in [0.29, 0.717) is 30.5 Å². The van der Waals surface area contributed by atoms with Gasteiger partial charge in [0.15, 0.2) is 5.13 Å². The molecule has 0 aliphatic carbocycles. The summed E-state index contributed by atoms with van der Waals surface area (Å²) < 4.78 is 24.1. The van der Waals surface area contributed by atoms with Gasteiger partial charge in [-0.1, -0.05) is 12.1 Å². The largest absolute Gasteiger partial charge is 0.474 e. The standard InChI is InChI=1S/C20H19FN4O4S/c1-28-9-10-29-19-16(7-4-8-22-19)24-17(26)11-13-12-30-20(23-13)25-18(27)14-5-2-3-6-15(14)21/h2-8,12H,9-11H2,1H3,(H,24,26)(H,23,25,27). The van der Waals surface area contributed by atoms with Crippen LogP contribution in [0.25, 0.3) is 0 Å². The molecule has 0 aliphatic heterocycles. The summed E-state index contributed by atoms with van der Waals surface area (Å²) in [7, 11) is 1.56. The number of hydrogen-bond donors (Lipinski definition) is 2. The van der Waals surface area contributed by atoms with Gasteiger partial charge in [0, 0.05) is 18.7 Å². The lowest BCUT2D eigenvalue weighted by atomic mass is 10.2. The van der Waals surface area contributed by atoms with Gasteiger partial charge in [-0.2, -0.15) is 0 Å². The Morgan fingerprint density at radius 1 is 1.13 bits per heavy atom. The lowest BCUT2D eigenvalue weighted by Gasteiger charge is -2.10. The molecule has 2 heterocycles. The molecule has 0 bridgehead atoms. The first-order valence-corrected chi connectivity index (χ1v) is 9.81. The number of rotatable bonds is 9. The molecule has 8 nitrogen and oxygen atoms in total. The van der Waals surface area contributed by atoms with Crippen LogP contribution in [0.4, 0.5) is 15.2 Å². The second-order valence-electron chi connectivity index (χ2n) is 6.00. The number of ether oxygens (including phenoxy) is 2. The Kier molecular flexibility index (Phi) is 7.41. The summed E-state index contributed by atoms with van der Waals surface area (Å²) >= 11 is 1.15. The fourth-order valence-corrected chi connectivity index (χ4v) is 3.14. The van der Waals surface area contributed by atoms with Crippen molar-refractivity contribution in [1.82, 2.24) is 9.97 Å². The number of amides is 2. The van der Waals surface area contributed by atoms with Gasteiger partial charge in [-0.25, -0.2) is 14.4 Å². The number of anilines is 2. The van der Waals surface area contributed by atoms with E-state index in [-0.39, 0.29) is 23.0 Å². The minimum atomic E-state index is -0.619. The van der Waals surface area contributed by atoms with Crippen molar-refractivity contribution in [2.45, 2.75) is 6.42 Å². The number of pyridine rings is 1. The van der Waals surface area contributed by atoms with E-state index in [4.69, 9.17) is 9.47 Å². The van der Waals surface area contributed by atoms with Crippen LogP contribution in [-0.4, -0.2) is 42.1 Å². The van der Waals surface area contributed by atoms with Crippen LogP contribution in [0.15, 0.2) is 48.0 Å². The average molecular weight is 430 g/mol. The maximum atomic E-state index is 13.7. The highest BCUT2D eigenvalue weighted by atomic mass is 32.1. The third-order valence-corrected chi connectivity index (χ3v) is 4.61. The number of nitrogens with zero attached hydrogens (tertiary/aromatic N) is 2. The first-order chi connectivity index (χ1) is 14.6. The van der Waals surface area contributed by atoms with Crippen LogP contribution >= 0.6 is 11.3 Å². The van der Waals surface area contributed by atoms with Gasteiger partial charge < -0.3 is 14.8 Å². The molecule has 1 aromatic carbocycles. The smallest absolute Gasteiger partial charge is 0.260 e. The molecular weight excluding hydrogens is 411 g/mol. The lowest BCUT2D eigenvalue weighted by molar-refractivity contribution is -0.115. The third-order valence-electron chi connectivity index (χ3n) is 3.80. The molecule has 0 unspecified atom stereocenters. The summed E-state index contributed by atoms with van der Waals surface area (Å²) in [5.41, 5.74) is 0.818. The van der Waals surface area contributed by atoms with Gasteiger partial charge in [0.25, 0.3) is 5.91 Å². The van der Waals surface area contributed by atoms with Crippen LogP contribution in [0, 0.1) is 5.82 Å². The highest BCUT2D eigenvalue weighted by Gasteiger charge is 2.15. The monoisotopic (exact) mass is 430 g/mol. The van der Waals surface area contributed by atoms with Crippen molar-refractivity contribution in [2.24, 2.45) is 0 Å². The zero-order valence-electron chi connectivity index (χ0n) is 16.1. The Labute approximate surface area is 176 Å². The summed E-state index contributed by atoms with van der Waals surface area (Å²) in [5, 5.41) is 7.19. The van der Waals surface area contributed by atoms with Gasteiger partial charge in [0.2, 0.25) is 11.8 Å². The van der Waals surface area contributed by atoms with Crippen molar-refractivity contribution >= 4 is 34.0 Å². The van der Waals surface area contributed by atoms with E-state index in [0.717, 1.165) is 11.3 Å². The molecule has 2 N–H and O–H groups in total. The minimum absolute atomic E-state index is 0.0154. The molecule has 2 aromatic heterocycles. The van der Waals surface area contributed by atoms with E-state index in [9.17, 15) is 14.0 Å². The number of hydrogen-bond acceptors (Lipinski definition) is 7. The molecule has 0 aliphatic rings. The van der Waals surface area contributed by atoms with Crippen LogP contribution < -0.4 is 15.4 Å². The molecule has 0 fully saturated rings. The molecule has 156 valence electrons. The molecule has 3 rings (SSSR count). The topological polar surface area (TPSA) is 102 Å². The van der Waals surface area contributed by atoms with Crippen LogP contribution in [0.3, 0.4) is 0 Å². The Morgan fingerprint density at radius 2 is 1.97 bits per heavy atom. The normalized spacial score (nSPS) is 10.5. The minimum Gasteiger partial charge on any atom is -0.474 e. The summed E-state index contributed by atoms with van der Waals surface area (Å²) in [6.07, 6.45) is 1.54. The molecule has 30 heavy (non-hydrogen) atoms. The van der Waals surface area contributed by atoms with E-state index in [1.54, 1.807) is 36.9 Å². The lowest BCUT2D eigenvalue weighted by Crippen LogP contribution is -2.17. The number of methoxy groups -OCH3 is 1. The number of carbonyl (C=O) groups excluding carboxylic acids is 2. The van der Waals surface area contributed by atoms with Crippen LogP contribution in [0.5, 0.6) is 5.88 Å². The number of nitrogens with one attached hydrogen (secondary N) is 2. The van der Waals surface area contributed by atoms with Crippen molar-refractivity contribution < 1.29 is 23.5 Å². The Morgan fingerprint density at radius 3 is 2.77 bits per heavy atom. The zero-order valence-corrected chi connectivity index (χ0v) is 16.9. The highest BCUT2D eigenvalue weighted by Crippen LogP contribution is 2.22. The highest BCUT2D eigenvalue weighted by molar-refractivity contribution is 7.14. The number of carbonyl (C=O) groups is 2. The molecule has 0 saturated heterocycles. The SMILES string of the molecule is COCCOc1ncccc1NC(=O)Cc1csc(NC(=O)c2ccccc2F)n1. The van der Waals surface area contributed by atoms with Crippen LogP contribution in [0.1, 0.15) is 16.1 Å². The fraction of sp³-hybridized carbons (Fsp3) is 0.200. The average Bonchev–Trinajstić information content (AvgIpc) is 3.16. The van der Waals surface area contributed by atoms with E-state index in [1.807, 2.05) is 0 Å². The van der Waals surface area contributed by atoms with Crippen molar-refractivity contribution in [3.05, 3.63) is 65.0 Å². The Hall–Kier alpha value is -3.37. The van der Waals surface area contributed by atoms with Gasteiger partial charge in [-0.3, -0.25) is 14.9 Å². The summed E-state index contributed by atoms with van der Waals surface area (Å²) in [6, 6.07) is 9.01. The van der Waals surface area contributed by atoms with Crippen molar-refractivity contribution in [2.75, 3.05) is 31.0 Å². The van der Waals surface area contributed by atoms with Gasteiger partial charge in [0.05, 0.1) is 24.3 Å². The van der Waals surface area contributed by atoms with Gasteiger partial charge >= 0.3 is 0 Å². The molecular formula is C20H19FN4O4S. The van der Waals surface area contributed by atoms with Crippen molar-refractivity contribution in [1.29, 1.82) is 0 Å². The first kappa shape index (κ1) is 21.3. The molecule has 0 spiro atoms. The number of thiazole rings is 1. The molecule has 0 radical (unpaired) electrons. The van der Waals surface area contributed by atoms with Gasteiger partial charge in [0.1, 0.15) is 18.1 Å². The Bertz CT molecular complexity index is 1030. The van der Waals surface area contributed by atoms with E-state index < -0.39 is 11.7 Å². The maximum Gasteiger partial charge on any atom is 0.260 e. The maximum absolute atomic E-state index is 13.7. The van der Waals surface area contributed by atoms with Gasteiger partial charge in [-0.05, 0) is 24.3 Å². The van der Waals surface area contributed by atoms with Gasteiger partial charge in [-0.15, -0.1) is 11.3 Å². The van der Waals surface area contributed by atoms with E-state index in [1.165, 1.54) is 18.2 Å². The molecule has 0 atom stereocenters. The Balaban J connectivity index is 1.58. The van der Waals surface area contributed by atoms with Crippen molar-refractivity contribution in [3.63, 3.8) is 0 Å². The van der Waals surface area contributed by atoms with Crippen molar-refractivity contribution in [3.8, 4) is 5.88 Å². The number of halogens is 1. The first-order valence-electron chi connectivity index (χ1n) is 8.93. The molecule has 3 aromatic rings. The molecule has 10 heteroatoms. The van der Waals surface area contributed by atoms with E-state index >= 15 is 0 Å². The number of aromatic nitrogens is 2. The number of benzene rings is 1. The summed E-state index contributed by atoms with van der Waals surface area (Å²) in [6.45, 7) is 0.692. The summed E-state index contributed by atoms with van der Waals surface area (Å²) in [4.78, 5) is 32.8. The third kappa shape index (κ3) is 5.82. The fourth-order valence-electron chi connectivity index (χ4n) is 2.44. The predicted octanol–water partition coefficient (Wildman–Crippen LogP) is 3.14.